The van der Waals surface area contributed by atoms with Crippen LogP contribution in [0.1, 0.15) is 30.6 Å². The molecule has 5 nitrogen and oxygen atoms in total. The van der Waals surface area contributed by atoms with E-state index in [2.05, 4.69) is 10.4 Å². The molecular formula is C10H18N4O. The molecule has 0 saturated heterocycles. The summed E-state index contributed by atoms with van der Waals surface area (Å²) in [6.45, 7) is 4.73. The maximum Gasteiger partial charge on any atom is 0.239 e. The largest absolute Gasteiger partial charge is 0.368 e. The zero-order valence-corrected chi connectivity index (χ0v) is 9.45. The summed E-state index contributed by atoms with van der Waals surface area (Å²) in [4.78, 5) is 11.3. The van der Waals surface area contributed by atoms with Gasteiger partial charge in [0.1, 0.15) is 6.04 Å². The Kier molecular flexibility index (Phi) is 3.85. The number of hydrogen-bond donors (Lipinski definition) is 2. The first-order chi connectivity index (χ1) is 7.07. The summed E-state index contributed by atoms with van der Waals surface area (Å²) in [5.74, 6) is -0.362. The fraction of sp³-hybridized carbons (Fsp3) is 0.600. The summed E-state index contributed by atoms with van der Waals surface area (Å²) >= 11 is 0. The molecule has 0 spiro atoms. The third-order valence-electron chi connectivity index (χ3n) is 2.47. The summed E-state index contributed by atoms with van der Waals surface area (Å²) in [5, 5.41) is 7.21. The lowest BCUT2D eigenvalue weighted by Gasteiger charge is -2.14. The van der Waals surface area contributed by atoms with E-state index in [1.807, 2.05) is 20.9 Å². The molecule has 0 aliphatic carbocycles. The Morgan fingerprint density at radius 3 is 2.80 bits per heavy atom. The van der Waals surface area contributed by atoms with E-state index in [0.29, 0.717) is 0 Å². The van der Waals surface area contributed by atoms with Gasteiger partial charge in [0.05, 0.1) is 6.20 Å². The van der Waals surface area contributed by atoms with Crippen molar-refractivity contribution in [3.05, 3.63) is 17.5 Å². The topological polar surface area (TPSA) is 72.9 Å². The zero-order chi connectivity index (χ0) is 11.4. The monoisotopic (exact) mass is 210 g/mol. The van der Waals surface area contributed by atoms with Gasteiger partial charge < -0.3 is 11.1 Å². The van der Waals surface area contributed by atoms with Gasteiger partial charge in [-0.3, -0.25) is 9.48 Å². The van der Waals surface area contributed by atoms with Gasteiger partial charge in [0.25, 0.3) is 0 Å². The van der Waals surface area contributed by atoms with Gasteiger partial charge in [-0.1, -0.05) is 6.92 Å². The first-order valence-corrected chi connectivity index (χ1v) is 5.09. The van der Waals surface area contributed by atoms with Crippen LogP contribution in [-0.2, 0) is 11.8 Å². The van der Waals surface area contributed by atoms with Gasteiger partial charge in [-0.05, 0) is 19.9 Å². The number of nitrogens with two attached hydrogens (primary N) is 1. The Morgan fingerprint density at radius 2 is 2.40 bits per heavy atom. The molecule has 1 aromatic rings. The summed E-state index contributed by atoms with van der Waals surface area (Å²) in [6, 6.07) is -0.432. The maximum atomic E-state index is 11.3. The third-order valence-corrected chi connectivity index (χ3v) is 2.47. The van der Waals surface area contributed by atoms with Crippen LogP contribution in [-0.4, -0.2) is 22.2 Å². The molecule has 0 saturated carbocycles. The summed E-state index contributed by atoms with van der Waals surface area (Å²) < 4.78 is 1.74. The molecule has 1 unspecified atom stereocenters. The molecule has 84 valence electrons. The number of carbonyl (C=O) groups excluding carboxylic acids is 1. The van der Waals surface area contributed by atoms with Crippen LogP contribution in [0.25, 0.3) is 0 Å². The van der Waals surface area contributed by atoms with Crippen LogP contribution in [0.5, 0.6) is 0 Å². The SMILES string of the molecule is CCCNC(C(N)=O)c1cnn(C)c1C. The number of carbonyl (C=O) groups is 1. The first-order valence-electron chi connectivity index (χ1n) is 5.09. The van der Waals surface area contributed by atoms with Crippen molar-refractivity contribution in [3.8, 4) is 0 Å². The molecule has 1 atom stereocenters. The van der Waals surface area contributed by atoms with Crippen molar-refractivity contribution >= 4 is 5.91 Å². The smallest absolute Gasteiger partial charge is 0.239 e. The van der Waals surface area contributed by atoms with Crippen LogP contribution >= 0.6 is 0 Å². The summed E-state index contributed by atoms with van der Waals surface area (Å²) in [6.07, 6.45) is 2.65. The van der Waals surface area contributed by atoms with Crippen LogP contribution in [0.4, 0.5) is 0 Å². The lowest BCUT2D eigenvalue weighted by atomic mass is 10.1. The zero-order valence-electron chi connectivity index (χ0n) is 9.45. The van der Waals surface area contributed by atoms with E-state index in [1.165, 1.54) is 0 Å². The van der Waals surface area contributed by atoms with Crippen molar-refractivity contribution in [1.29, 1.82) is 0 Å². The highest BCUT2D eigenvalue weighted by atomic mass is 16.1. The Bertz CT molecular complexity index is 345. The van der Waals surface area contributed by atoms with E-state index in [4.69, 9.17) is 5.73 Å². The van der Waals surface area contributed by atoms with Crippen LogP contribution in [0.2, 0.25) is 0 Å². The van der Waals surface area contributed by atoms with Gasteiger partial charge in [0.15, 0.2) is 0 Å². The molecule has 0 aliphatic heterocycles. The van der Waals surface area contributed by atoms with Crippen LogP contribution in [0.3, 0.4) is 0 Å². The van der Waals surface area contributed by atoms with Crippen molar-refractivity contribution in [2.24, 2.45) is 12.8 Å². The molecule has 1 amide bonds. The van der Waals surface area contributed by atoms with Gasteiger partial charge in [-0.15, -0.1) is 0 Å². The second-order valence-electron chi connectivity index (χ2n) is 3.60. The molecule has 0 bridgehead atoms. The van der Waals surface area contributed by atoms with E-state index in [-0.39, 0.29) is 5.91 Å². The van der Waals surface area contributed by atoms with Crippen LogP contribution in [0, 0.1) is 6.92 Å². The number of aromatic nitrogens is 2. The summed E-state index contributed by atoms with van der Waals surface area (Å²) in [5.41, 5.74) is 7.17. The third kappa shape index (κ3) is 2.56. The van der Waals surface area contributed by atoms with Crippen molar-refractivity contribution in [2.75, 3.05) is 6.54 Å². The molecular weight excluding hydrogens is 192 g/mol. The molecule has 1 heterocycles. The lowest BCUT2D eigenvalue weighted by molar-refractivity contribution is -0.120. The van der Waals surface area contributed by atoms with Gasteiger partial charge in [-0.2, -0.15) is 5.10 Å². The average molecular weight is 210 g/mol. The first kappa shape index (κ1) is 11.7. The number of amides is 1. The highest BCUT2D eigenvalue weighted by molar-refractivity contribution is 5.81. The Morgan fingerprint density at radius 1 is 1.73 bits per heavy atom. The minimum absolute atomic E-state index is 0.362. The standard InChI is InChI=1S/C10H18N4O/c1-4-5-12-9(10(11)15)8-6-13-14(3)7(8)2/h6,9,12H,4-5H2,1-3H3,(H2,11,15). The van der Waals surface area contributed by atoms with E-state index < -0.39 is 6.04 Å². The molecule has 0 fully saturated rings. The molecule has 3 N–H and O–H groups in total. The normalized spacial score (nSPS) is 12.7. The molecule has 5 heteroatoms. The lowest BCUT2D eigenvalue weighted by Crippen LogP contribution is -2.34. The van der Waals surface area contributed by atoms with E-state index in [1.54, 1.807) is 10.9 Å². The Labute approximate surface area is 89.6 Å². The highest BCUT2D eigenvalue weighted by Crippen LogP contribution is 2.16. The molecule has 0 aliphatic rings. The van der Waals surface area contributed by atoms with Crippen molar-refractivity contribution in [2.45, 2.75) is 26.3 Å². The molecule has 1 aromatic heterocycles. The number of aryl methyl sites for hydroxylation is 1. The van der Waals surface area contributed by atoms with Crippen LogP contribution in [0.15, 0.2) is 6.20 Å². The van der Waals surface area contributed by atoms with E-state index >= 15 is 0 Å². The quantitative estimate of drug-likeness (QED) is 0.732. The second kappa shape index (κ2) is 4.93. The fourth-order valence-corrected chi connectivity index (χ4v) is 1.45. The number of rotatable bonds is 5. The van der Waals surface area contributed by atoms with E-state index in [9.17, 15) is 4.79 Å². The minimum atomic E-state index is -0.432. The molecule has 0 aromatic carbocycles. The molecule has 15 heavy (non-hydrogen) atoms. The number of nitrogens with zero attached hydrogens (tertiary/aromatic N) is 2. The van der Waals surface area contributed by atoms with Gasteiger partial charge >= 0.3 is 0 Å². The minimum Gasteiger partial charge on any atom is -0.368 e. The van der Waals surface area contributed by atoms with Crippen molar-refractivity contribution in [3.63, 3.8) is 0 Å². The van der Waals surface area contributed by atoms with Gasteiger partial charge in [-0.25, -0.2) is 0 Å². The predicted octanol–water partition coefficient (Wildman–Crippen LogP) is 0.255. The summed E-state index contributed by atoms with van der Waals surface area (Å²) in [7, 11) is 1.84. The van der Waals surface area contributed by atoms with Crippen LogP contribution < -0.4 is 11.1 Å². The second-order valence-corrected chi connectivity index (χ2v) is 3.60. The van der Waals surface area contributed by atoms with Crippen molar-refractivity contribution in [1.82, 2.24) is 15.1 Å². The molecule has 0 radical (unpaired) electrons. The fourth-order valence-electron chi connectivity index (χ4n) is 1.45. The number of hydrogen-bond acceptors (Lipinski definition) is 3. The average Bonchev–Trinajstić information content (AvgIpc) is 2.50. The highest BCUT2D eigenvalue weighted by Gasteiger charge is 2.20. The molecule has 1 rings (SSSR count). The van der Waals surface area contributed by atoms with Gasteiger partial charge in [0.2, 0.25) is 5.91 Å². The van der Waals surface area contributed by atoms with Gasteiger partial charge in [0, 0.05) is 18.3 Å². The Hall–Kier alpha value is -1.36. The van der Waals surface area contributed by atoms with E-state index in [0.717, 1.165) is 24.2 Å². The van der Waals surface area contributed by atoms with Crippen molar-refractivity contribution < 1.29 is 4.79 Å². The maximum absolute atomic E-state index is 11.3. The Balaban J connectivity index is 2.89. The predicted molar refractivity (Wildman–Crippen MR) is 58.2 cm³/mol. The number of primary amides is 1. The number of nitrogens with one attached hydrogen (secondary N) is 1.